The number of rotatable bonds is 5. The molecule has 0 saturated heterocycles. The number of pyridine rings is 1. The summed E-state index contributed by atoms with van der Waals surface area (Å²) in [6.07, 6.45) is 4.19. The number of nitrogens with zero attached hydrogens (tertiary/aromatic N) is 1. The summed E-state index contributed by atoms with van der Waals surface area (Å²) < 4.78 is 10.7. The van der Waals surface area contributed by atoms with Gasteiger partial charge in [-0.05, 0) is 30.7 Å². The van der Waals surface area contributed by atoms with Crippen molar-refractivity contribution in [2.24, 2.45) is 5.73 Å². The number of hydrogen-bond donors (Lipinski definition) is 1. The van der Waals surface area contributed by atoms with Gasteiger partial charge in [0.2, 0.25) is 0 Å². The van der Waals surface area contributed by atoms with Gasteiger partial charge >= 0.3 is 0 Å². The first kappa shape index (κ1) is 11.7. The summed E-state index contributed by atoms with van der Waals surface area (Å²) in [7, 11) is 0. The third-order valence-electron chi connectivity index (χ3n) is 2.54. The molecule has 17 heavy (non-hydrogen) atoms. The van der Waals surface area contributed by atoms with Crippen molar-refractivity contribution in [2.45, 2.75) is 26.0 Å². The van der Waals surface area contributed by atoms with Crippen molar-refractivity contribution < 1.29 is 9.15 Å². The first-order chi connectivity index (χ1) is 8.29. The molecule has 0 bridgehead atoms. The van der Waals surface area contributed by atoms with Crippen LogP contribution in [0.2, 0.25) is 0 Å². The zero-order valence-corrected chi connectivity index (χ0v) is 9.80. The maximum atomic E-state index is 5.88. The SMILES string of the molecule is CC[C@H](N)c1ccc(OCc2ccco2)cn1. The molecule has 0 aliphatic rings. The molecule has 4 heteroatoms. The molecule has 0 fully saturated rings. The molecular weight excluding hydrogens is 216 g/mol. The number of ether oxygens (including phenoxy) is 1. The molecule has 0 spiro atoms. The maximum Gasteiger partial charge on any atom is 0.146 e. The van der Waals surface area contributed by atoms with Crippen LogP contribution in [-0.2, 0) is 6.61 Å². The van der Waals surface area contributed by atoms with Crippen LogP contribution in [0.4, 0.5) is 0 Å². The Balaban J connectivity index is 1.94. The Morgan fingerprint density at radius 2 is 2.29 bits per heavy atom. The summed E-state index contributed by atoms with van der Waals surface area (Å²) in [4.78, 5) is 4.27. The molecule has 0 radical (unpaired) electrons. The minimum absolute atomic E-state index is 0.00544. The van der Waals surface area contributed by atoms with Crippen LogP contribution in [0.1, 0.15) is 30.8 Å². The van der Waals surface area contributed by atoms with Gasteiger partial charge in [0.25, 0.3) is 0 Å². The largest absolute Gasteiger partial charge is 0.484 e. The lowest BCUT2D eigenvalue weighted by Crippen LogP contribution is -2.10. The minimum Gasteiger partial charge on any atom is -0.484 e. The predicted octanol–water partition coefficient (Wildman–Crippen LogP) is 2.66. The highest BCUT2D eigenvalue weighted by Crippen LogP contribution is 2.16. The molecule has 0 saturated carbocycles. The van der Waals surface area contributed by atoms with Gasteiger partial charge in [-0.25, -0.2) is 0 Å². The van der Waals surface area contributed by atoms with E-state index in [0.717, 1.165) is 17.9 Å². The number of hydrogen-bond acceptors (Lipinski definition) is 4. The molecule has 1 atom stereocenters. The van der Waals surface area contributed by atoms with E-state index in [1.54, 1.807) is 12.5 Å². The van der Waals surface area contributed by atoms with Crippen LogP contribution in [0.25, 0.3) is 0 Å². The van der Waals surface area contributed by atoms with E-state index in [2.05, 4.69) is 4.98 Å². The van der Waals surface area contributed by atoms with E-state index in [4.69, 9.17) is 14.9 Å². The summed E-state index contributed by atoms with van der Waals surface area (Å²) in [5, 5.41) is 0. The fourth-order valence-electron chi connectivity index (χ4n) is 1.45. The van der Waals surface area contributed by atoms with E-state index in [1.807, 2.05) is 31.2 Å². The molecule has 2 N–H and O–H groups in total. The van der Waals surface area contributed by atoms with E-state index in [0.29, 0.717) is 12.4 Å². The van der Waals surface area contributed by atoms with Crippen LogP contribution in [-0.4, -0.2) is 4.98 Å². The Bertz CT molecular complexity index is 437. The third kappa shape index (κ3) is 3.07. The Labute approximate surface area is 100 Å². The predicted molar refractivity (Wildman–Crippen MR) is 64.5 cm³/mol. The summed E-state index contributed by atoms with van der Waals surface area (Å²) in [5.74, 6) is 1.51. The monoisotopic (exact) mass is 232 g/mol. The lowest BCUT2D eigenvalue weighted by molar-refractivity contribution is 0.269. The van der Waals surface area contributed by atoms with Crippen molar-refractivity contribution in [3.05, 3.63) is 48.2 Å². The standard InChI is InChI=1S/C13H16N2O2/c1-2-12(14)13-6-5-10(8-15-13)17-9-11-4-3-7-16-11/h3-8,12H,2,9,14H2,1H3/t12-/m0/s1. The Morgan fingerprint density at radius 3 is 2.88 bits per heavy atom. The Kier molecular flexibility index (Phi) is 3.77. The Morgan fingerprint density at radius 1 is 1.41 bits per heavy atom. The Hall–Kier alpha value is -1.81. The zero-order chi connectivity index (χ0) is 12.1. The first-order valence-electron chi connectivity index (χ1n) is 5.66. The lowest BCUT2D eigenvalue weighted by atomic mass is 10.1. The van der Waals surface area contributed by atoms with Crippen LogP contribution >= 0.6 is 0 Å². The maximum absolute atomic E-state index is 5.88. The van der Waals surface area contributed by atoms with Crippen LogP contribution in [0.3, 0.4) is 0 Å². The second-order valence-electron chi connectivity index (χ2n) is 3.80. The highest BCUT2D eigenvalue weighted by Gasteiger charge is 2.05. The van der Waals surface area contributed by atoms with Gasteiger partial charge in [-0.3, -0.25) is 4.98 Å². The van der Waals surface area contributed by atoms with Crippen LogP contribution in [0.15, 0.2) is 41.1 Å². The fourth-order valence-corrected chi connectivity index (χ4v) is 1.45. The molecule has 4 nitrogen and oxygen atoms in total. The lowest BCUT2D eigenvalue weighted by Gasteiger charge is -2.09. The number of furan rings is 1. The van der Waals surface area contributed by atoms with E-state index in [1.165, 1.54) is 0 Å². The summed E-state index contributed by atoms with van der Waals surface area (Å²) >= 11 is 0. The molecule has 0 unspecified atom stereocenters. The molecule has 2 aromatic heterocycles. The molecule has 2 heterocycles. The fraction of sp³-hybridized carbons (Fsp3) is 0.308. The van der Waals surface area contributed by atoms with Gasteiger partial charge in [-0.2, -0.15) is 0 Å². The van der Waals surface area contributed by atoms with Crippen LogP contribution in [0, 0.1) is 0 Å². The zero-order valence-electron chi connectivity index (χ0n) is 9.80. The second kappa shape index (κ2) is 5.50. The average molecular weight is 232 g/mol. The van der Waals surface area contributed by atoms with Crippen LogP contribution in [0.5, 0.6) is 5.75 Å². The van der Waals surface area contributed by atoms with E-state index < -0.39 is 0 Å². The van der Waals surface area contributed by atoms with Crippen LogP contribution < -0.4 is 10.5 Å². The van der Waals surface area contributed by atoms with Gasteiger partial charge < -0.3 is 14.9 Å². The molecular formula is C13H16N2O2. The molecule has 0 aromatic carbocycles. The van der Waals surface area contributed by atoms with Crippen molar-refractivity contribution >= 4 is 0 Å². The smallest absolute Gasteiger partial charge is 0.146 e. The number of aromatic nitrogens is 1. The van der Waals surface area contributed by atoms with Crippen molar-refractivity contribution in [3.63, 3.8) is 0 Å². The van der Waals surface area contributed by atoms with Gasteiger partial charge in [0.1, 0.15) is 18.1 Å². The van der Waals surface area contributed by atoms with Crippen molar-refractivity contribution in [1.29, 1.82) is 0 Å². The first-order valence-corrected chi connectivity index (χ1v) is 5.66. The third-order valence-corrected chi connectivity index (χ3v) is 2.54. The quantitative estimate of drug-likeness (QED) is 0.860. The summed E-state index contributed by atoms with van der Waals surface area (Å²) in [6, 6.07) is 7.47. The minimum atomic E-state index is -0.00544. The number of nitrogens with two attached hydrogens (primary N) is 1. The normalized spacial score (nSPS) is 12.4. The highest BCUT2D eigenvalue weighted by atomic mass is 16.5. The molecule has 2 rings (SSSR count). The van der Waals surface area contributed by atoms with Crippen molar-refractivity contribution in [1.82, 2.24) is 4.98 Å². The van der Waals surface area contributed by atoms with Gasteiger partial charge in [-0.1, -0.05) is 6.92 Å². The second-order valence-corrected chi connectivity index (χ2v) is 3.80. The topological polar surface area (TPSA) is 61.3 Å². The van der Waals surface area contributed by atoms with E-state index >= 15 is 0 Å². The van der Waals surface area contributed by atoms with Crippen molar-refractivity contribution in [2.75, 3.05) is 0 Å². The van der Waals surface area contributed by atoms with Crippen molar-refractivity contribution in [3.8, 4) is 5.75 Å². The summed E-state index contributed by atoms with van der Waals surface area (Å²) in [5.41, 5.74) is 6.76. The highest BCUT2D eigenvalue weighted by molar-refractivity contribution is 5.21. The van der Waals surface area contributed by atoms with Gasteiger partial charge in [0.15, 0.2) is 0 Å². The van der Waals surface area contributed by atoms with E-state index in [-0.39, 0.29) is 6.04 Å². The molecule has 0 amide bonds. The molecule has 90 valence electrons. The van der Waals surface area contributed by atoms with Gasteiger partial charge in [-0.15, -0.1) is 0 Å². The van der Waals surface area contributed by atoms with Gasteiger partial charge in [0.05, 0.1) is 18.2 Å². The summed E-state index contributed by atoms with van der Waals surface area (Å²) in [6.45, 7) is 2.45. The van der Waals surface area contributed by atoms with E-state index in [9.17, 15) is 0 Å². The molecule has 2 aromatic rings. The average Bonchev–Trinajstić information content (AvgIpc) is 2.89. The molecule has 0 aliphatic heterocycles. The van der Waals surface area contributed by atoms with Gasteiger partial charge in [0, 0.05) is 6.04 Å². The molecule has 0 aliphatic carbocycles.